The maximum Gasteiger partial charge on any atom is 0.267 e. The zero-order chi connectivity index (χ0) is 11.5. The van der Waals surface area contributed by atoms with Crippen molar-refractivity contribution in [1.82, 2.24) is 9.88 Å². The Morgan fingerprint density at radius 1 is 1.69 bits per heavy atom. The summed E-state index contributed by atoms with van der Waals surface area (Å²) in [6, 6.07) is 4.27. The van der Waals surface area contributed by atoms with Crippen molar-refractivity contribution in [2.45, 2.75) is 38.3 Å². The molecule has 0 radical (unpaired) electrons. The Bertz CT molecular complexity index is 367. The molecule has 1 fully saturated rings. The van der Waals surface area contributed by atoms with Gasteiger partial charge in [-0.25, -0.2) is 0 Å². The second kappa shape index (κ2) is 4.70. The SMILES string of the molecule is CC(O)CCNC(=O)c1cccn1C1CC1. The molecule has 2 N–H and O–H groups in total. The van der Waals surface area contributed by atoms with E-state index < -0.39 is 0 Å². The number of hydrogen-bond donors (Lipinski definition) is 2. The van der Waals surface area contributed by atoms with Crippen molar-refractivity contribution < 1.29 is 9.90 Å². The van der Waals surface area contributed by atoms with Crippen LogP contribution in [-0.2, 0) is 0 Å². The number of amides is 1. The minimum atomic E-state index is -0.365. The molecule has 16 heavy (non-hydrogen) atoms. The van der Waals surface area contributed by atoms with Crippen LogP contribution in [0.25, 0.3) is 0 Å². The molecule has 0 bridgehead atoms. The summed E-state index contributed by atoms with van der Waals surface area (Å²) in [7, 11) is 0. The molecular formula is C12H18N2O2. The fourth-order valence-corrected chi connectivity index (χ4v) is 1.74. The van der Waals surface area contributed by atoms with Crippen LogP contribution in [0.15, 0.2) is 18.3 Å². The van der Waals surface area contributed by atoms with Gasteiger partial charge in [-0.05, 0) is 38.3 Å². The highest BCUT2D eigenvalue weighted by atomic mass is 16.3. The molecule has 1 aromatic heterocycles. The Hall–Kier alpha value is -1.29. The zero-order valence-electron chi connectivity index (χ0n) is 9.52. The predicted octanol–water partition coefficient (Wildman–Crippen LogP) is 1.32. The maximum absolute atomic E-state index is 11.8. The first kappa shape index (κ1) is 11.2. The van der Waals surface area contributed by atoms with Gasteiger partial charge < -0.3 is 15.0 Å². The molecule has 1 saturated carbocycles. The van der Waals surface area contributed by atoms with E-state index in [9.17, 15) is 4.79 Å². The lowest BCUT2D eigenvalue weighted by atomic mass is 10.3. The van der Waals surface area contributed by atoms with Crippen molar-refractivity contribution in [1.29, 1.82) is 0 Å². The maximum atomic E-state index is 11.8. The van der Waals surface area contributed by atoms with Gasteiger partial charge in [0.05, 0.1) is 6.10 Å². The predicted molar refractivity (Wildman–Crippen MR) is 61.3 cm³/mol. The zero-order valence-corrected chi connectivity index (χ0v) is 9.52. The van der Waals surface area contributed by atoms with E-state index in [0.717, 1.165) is 5.69 Å². The van der Waals surface area contributed by atoms with Crippen molar-refractivity contribution in [2.75, 3.05) is 6.54 Å². The average molecular weight is 222 g/mol. The highest BCUT2D eigenvalue weighted by Crippen LogP contribution is 2.35. The van der Waals surface area contributed by atoms with Gasteiger partial charge >= 0.3 is 0 Å². The molecule has 1 unspecified atom stereocenters. The van der Waals surface area contributed by atoms with Gasteiger partial charge in [0, 0.05) is 18.8 Å². The summed E-state index contributed by atoms with van der Waals surface area (Å²) in [6.45, 7) is 2.24. The van der Waals surface area contributed by atoms with E-state index in [1.807, 2.05) is 22.9 Å². The van der Waals surface area contributed by atoms with E-state index in [1.54, 1.807) is 6.92 Å². The van der Waals surface area contributed by atoms with Crippen LogP contribution >= 0.6 is 0 Å². The molecule has 1 atom stereocenters. The van der Waals surface area contributed by atoms with Gasteiger partial charge in [0.15, 0.2) is 0 Å². The fourth-order valence-electron chi connectivity index (χ4n) is 1.74. The highest BCUT2D eigenvalue weighted by Gasteiger charge is 2.26. The Balaban J connectivity index is 1.90. The smallest absolute Gasteiger partial charge is 0.267 e. The van der Waals surface area contributed by atoms with Crippen LogP contribution in [0.4, 0.5) is 0 Å². The standard InChI is InChI=1S/C12H18N2O2/c1-9(15)6-7-13-12(16)11-3-2-8-14(11)10-4-5-10/h2-3,8-10,15H,4-7H2,1H3,(H,13,16). The van der Waals surface area contributed by atoms with E-state index in [4.69, 9.17) is 5.11 Å². The van der Waals surface area contributed by atoms with Crippen LogP contribution < -0.4 is 5.32 Å². The molecule has 0 saturated heterocycles. The topological polar surface area (TPSA) is 54.3 Å². The van der Waals surface area contributed by atoms with Gasteiger partial charge in [-0.15, -0.1) is 0 Å². The summed E-state index contributed by atoms with van der Waals surface area (Å²) >= 11 is 0. The van der Waals surface area contributed by atoms with E-state index in [0.29, 0.717) is 19.0 Å². The van der Waals surface area contributed by atoms with Gasteiger partial charge in [-0.1, -0.05) is 0 Å². The molecule has 4 nitrogen and oxygen atoms in total. The van der Waals surface area contributed by atoms with Crippen LogP contribution in [0, 0.1) is 0 Å². The number of aliphatic hydroxyl groups is 1. The summed E-state index contributed by atoms with van der Waals surface area (Å²) in [4.78, 5) is 11.8. The average Bonchev–Trinajstić information content (AvgIpc) is 2.95. The molecule has 1 aliphatic rings. The van der Waals surface area contributed by atoms with E-state index >= 15 is 0 Å². The van der Waals surface area contributed by atoms with Crippen LogP contribution in [0.1, 0.15) is 42.7 Å². The van der Waals surface area contributed by atoms with Crippen LogP contribution in [0.5, 0.6) is 0 Å². The summed E-state index contributed by atoms with van der Waals surface area (Å²) in [5.74, 6) is -0.0439. The van der Waals surface area contributed by atoms with Crippen LogP contribution in [0.3, 0.4) is 0 Å². The van der Waals surface area contributed by atoms with E-state index in [1.165, 1.54) is 12.8 Å². The Morgan fingerprint density at radius 3 is 3.06 bits per heavy atom. The molecule has 1 aliphatic carbocycles. The molecule has 88 valence electrons. The number of aliphatic hydroxyl groups excluding tert-OH is 1. The lowest BCUT2D eigenvalue weighted by Crippen LogP contribution is -2.28. The summed E-state index contributed by atoms with van der Waals surface area (Å²) in [6.07, 6.45) is 4.53. The molecule has 4 heteroatoms. The third kappa shape index (κ3) is 2.64. The number of nitrogens with one attached hydrogen (secondary N) is 1. The van der Waals surface area contributed by atoms with Crippen LogP contribution in [-0.4, -0.2) is 28.2 Å². The Labute approximate surface area is 95.3 Å². The first-order valence-corrected chi connectivity index (χ1v) is 5.81. The molecule has 0 spiro atoms. The molecule has 1 heterocycles. The number of nitrogens with zero attached hydrogens (tertiary/aromatic N) is 1. The van der Waals surface area contributed by atoms with Gasteiger partial charge in [-0.2, -0.15) is 0 Å². The molecule has 0 aromatic carbocycles. The van der Waals surface area contributed by atoms with Crippen molar-refractivity contribution in [3.8, 4) is 0 Å². The summed E-state index contributed by atoms with van der Waals surface area (Å²) in [5, 5.41) is 11.9. The first-order chi connectivity index (χ1) is 7.68. The van der Waals surface area contributed by atoms with Gasteiger partial charge in [0.25, 0.3) is 5.91 Å². The fraction of sp³-hybridized carbons (Fsp3) is 0.583. The Morgan fingerprint density at radius 2 is 2.44 bits per heavy atom. The van der Waals surface area contributed by atoms with Crippen molar-refractivity contribution in [3.05, 3.63) is 24.0 Å². The minimum Gasteiger partial charge on any atom is -0.393 e. The number of aromatic nitrogens is 1. The summed E-state index contributed by atoms with van der Waals surface area (Å²) in [5.41, 5.74) is 0.730. The van der Waals surface area contributed by atoms with Crippen molar-refractivity contribution >= 4 is 5.91 Å². The van der Waals surface area contributed by atoms with Gasteiger partial charge in [0.1, 0.15) is 5.69 Å². The van der Waals surface area contributed by atoms with Crippen molar-refractivity contribution in [2.24, 2.45) is 0 Å². The molecule has 1 aromatic rings. The molecule has 2 rings (SSSR count). The second-order valence-corrected chi connectivity index (χ2v) is 4.43. The quantitative estimate of drug-likeness (QED) is 0.789. The molecular weight excluding hydrogens is 204 g/mol. The van der Waals surface area contributed by atoms with Gasteiger partial charge in [0.2, 0.25) is 0 Å². The monoisotopic (exact) mass is 222 g/mol. The van der Waals surface area contributed by atoms with Crippen molar-refractivity contribution in [3.63, 3.8) is 0 Å². The minimum absolute atomic E-state index is 0.0439. The number of carbonyl (C=O) groups excluding carboxylic acids is 1. The first-order valence-electron chi connectivity index (χ1n) is 5.81. The van der Waals surface area contributed by atoms with Gasteiger partial charge in [-0.3, -0.25) is 4.79 Å². The van der Waals surface area contributed by atoms with E-state index in [2.05, 4.69) is 5.32 Å². The Kier molecular flexibility index (Phi) is 3.29. The number of rotatable bonds is 5. The third-order valence-electron chi connectivity index (χ3n) is 2.80. The molecule has 0 aliphatic heterocycles. The highest BCUT2D eigenvalue weighted by molar-refractivity contribution is 5.92. The second-order valence-electron chi connectivity index (χ2n) is 4.43. The van der Waals surface area contributed by atoms with E-state index in [-0.39, 0.29) is 12.0 Å². The lowest BCUT2D eigenvalue weighted by molar-refractivity contribution is 0.0936. The number of hydrogen-bond acceptors (Lipinski definition) is 2. The number of carbonyl (C=O) groups is 1. The largest absolute Gasteiger partial charge is 0.393 e. The normalized spacial score (nSPS) is 17.1. The lowest BCUT2D eigenvalue weighted by Gasteiger charge is -2.09. The summed E-state index contributed by atoms with van der Waals surface area (Å²) < 4.78 is 2.04. The van der Waals surface area contributed by atoms with Crippen LogP contribution in [0.2, 0.25) is 0 Å². The third-order valence-corrected chi connectivity index (χ3v) is 2.80. The molecule has 1 amide bonds.